The van der Waals surface area contributed by atoms with Crippen molar-refractivity contribution in [3.05, 3.63) is 35.9 Å². The molecule has 0 spiro atoms. The van der Waals surface area contributed by atoms with Crippen LogP contribution in [0, 0.1) is 0 Å². The van der Waals surface area contributed by atoms with Crippen LogP contribution in [0.2, 0.25) is 0 Å². The number of carbonyl (C=O) groups excluding carboxylic acids is 1. The van der Waals surface area contributed by atoms with Crippen LogP contribution >= 0.6 is 0 Å². The maximum Gasteiger partial charge on any atom is 0.351 e. The number of methoxy groups -OCH3 is 1. The van der Waals surface area contributed by atoms with Crippen LogP contribution in [0.25, 0.3) is 0 Å². The number of nitrogens with zero attached hydrogens (tertiary/aromatic N) is 1. The lowest BCUT2D eigenvalue weighted by Crippen LogP contribution is -2.49. The number of likely N-dealkylation sites (tertiary alicyclic amines) is 1. The molecule has 2 rings (SSSR count). The standard InChI is InChI=1S/C19H29NO4/c1-19(2,3)24-18(21)17(22-4)20-12-8-11-16(20)14-23-13-15-9-6-5-7-10-15/h5-7,9-10,16-17H,8,11-14H2,1-4H3/t16-,17?/m0/s1. The highest BCUT2D eigenvalue weighted by Gasteiger charge is 2.37. The second-order valence-electron chi connectivity index (χ2n) is 7.16. The molecule has 24 heavy (non-hydrogen) atoms. The monoisotopic (exact) mass is 335 g/mol. The molecule has 0 N–H and O–H groups in total. The van der Waals surface area contributed by atoms with Crippen LogP contribution < -0.4 is 0 Å². The first-order chi connectivity index (χ1) is 11.4. The van der Waals surface area contributed by atoms with Crippen molar-refractivity contribution in [3.63, 3.8) is 0 Å². The second kappa shape index (κ2) is 8.60. The van der Waals surface area contributed by atoms with E-state index in [9.17, 15) is 4.79 Å². The van der Waals surface area contributed by atoms with Gasteiger partial charge in [0.15, 0.2) is 0 Å². The molecule has 134 valence electrons. The van der Waals surface area contributed by atoms with Crippen molar-refractivity contribution >= 4 is 5.97 Å². The topological polar surface area (TPSA) is 48.0 Å². The molecule has 0 bridgehead atoms. The van der Waals surface area contributed by atoms with Crippen LogP contribution in [-0.4, -0.2) is 49.0 Å². The first kappa shape index (κ1) is 18.9. The SMILES string of the molecule is COC(C(=O)OC(C)(C)C)N1CCC[C@H]1COCc1ccccc1. The van der Waals surface area contributed by atoms with Gasteiger partial charge in [-0.1, -0.05) is 30.3 Å². The number of esters is 1. The normalized spacial score (nSPS) is 20.1. The highest BCUT2D eigenvalue weighted by molar-refractivity contribution is 5.74. The number of hydrogen-bond donors (Lipinski definition) is 0. The van der Waals surface area contributed by atoms with E-state index in [2.05, 4.69) is 4.90 Å². The van der Waals surface area contributed by atoms with Gasteiger partial charge >= 0.3 is 5.97 Å². The minimum Gasteiger partial charge on any atom is -0.457 e. The molecule has 0 amide bonds. The average molecular weight is 335 g/mol. The van der Waals surface area contributed by atoms with Gasteiger partial charge < -0.3 is 14.2 Å². The molecule has 1 unspecified atom stereocenters. The van der Waals surface area contributed by atoms with Crippen LogP contribution in [0.15, 0.2) is 30.3 Å². The zero-order valence-corrected chi connectivity index (χ0v) is 15.2. The molecule has 1 aliphatic rings. The Morgan fingerprint density at radius 2 is 2.00 bits per heavy atom. The molecule has 0 aliphatic carbocycles. The molecule has 1 heterocycles. The molecule has 0 saturated carbocycles. The summed E-state index contributed by atoms with van der Waals surface area (Å²) in [6.07, 6.45) is 1.36. The molecular weight excluding hydrogens is 306 g/mol. The van der Waals surface area contributed by atoms with Crippen molar-refractivity contribution in [2.24, 2.45) is 0 Å². The molecule has 1 fully saturated rings. The summed E-state index contributed by atoms with van der Waals surface area (Å²) < 4.78 is 16.8. The quantitative estimate of drug-likeness (QED) is 0.717. The lowest BCUT2D eigenvalue weighted by Gasteiger charge is -2.32. The van der Waals surface area contributed by atoms with Crippen molar-refractivity contribution in [3.8, 4) is 0 Å². The van der Waals surface area contributed by atoms with Gasteiger partial charge in [-0.05, 0) is 39.2 Å². The predicted molar refractivity (Wildman–Crippen MR) is 92.5 cm³/mol. The zero-order chi connectivity index (χ0) is 17.6. The van der Waals surface area contributed by atoms with Crippen LogP contribution in [0.3, 0.4) is 0 Å². The molecule has 2 atom stereocenters. The van der Waals surface area contributed by atoms with Crippen molar-refractivity contribution in [2.75, 3.05) is 20.3 Å². The summed E-state index contributed by atoms with van der Waals surface area (Å²) in [5.41, 5.74) is 0.630. The van der Waals surface area contributed by atoms with Crippen LogP contribution in [0.1, 0.15) is 39.2 Å². The molecule has 5 nitrogen and oxygen atoms in total. The molecule has 0 aromatic heterocycles. The highest BCUT2D eigenvalue weighted by atomic mass is 16.6. The van der Waals surface area contributed by atoms with E-state index in [1.807, 2.05) is 51.1 Å². The largest absolute Gasteiger partial charge is 0.457 e. The molecule has 1 saturated heterocycles. The third-order valence-electron chi connectivity index (χ3n) is 3.98. The molecule has 5 heteroatoms. The minimum atomic E-state index is -0.669. The fourth-order valence-electron chi connectivity index (χ4n) is 2.95. The summed E-state index contributed by atoms with van der Waals surface area (Å²) in [6, 6.07) is 10.3. The molecule has 1 aliphatic heterocycles. The third kappa shape index (κ3) is 5.58. The van der Waals surface area contributed by atoms with E-state index in [1.165, 1.54) is 0 Å². The molecule has 1 aromatic carbocycles. The number of ether oxygens (including phenoxy) is 3. The van der Waals surface area contributed by atoms with Crippen molar-refractivity contribution in [2.45, 2.75) is 58.1 Å². The number of hydrogen-bond acceptors (Lipinski definition) is 5. The van der Waals surface area contributed by atoms with Gasteiger partial charge in [0.25, 0.3) is 0 Å². The number of benzene rings is 1. The van der Waals surface area contributed by atoms with Gasteiger partial charge in [-0.3, -0.25) is 4.90 Å². The fourth-order valence-corrected chi connectivity index (χ4v) is 2.95. The Labute approximate surface area is 144 Å². The van der Waals surface area contributed by atoms with E-state index in [4.69, 9.17) is 14.2 Å². The first-order valence-corrected chi connectivity index (χ1v) is 8.54. The van der Waals surface area contributed by atoms with Crippen molar-refractivity contribution < 1.29 is 19.0 Å². The Kier molecular flexibility index (Phi) is 6.78. The fraction of sp³-hybridized carbons (Fsp3) is 0.632. The van der Waals surface area contributed by atoms with E-state index in [0.717, 1.165) is 24.9 Å². The number of carbonyl (C=O) groups is 1. The van der Waals surface area contributed by atoms with Gasteiger partial charge in [0, 0.05) is 19.7 Å². The van der Waals surface area contributed by atoms with Gasteiger partial charge in [0.1, 0.15) is 5.60 Å². The van der Waals surface area contributed by atoms with Gasteiger partial charge in [-0.15, -0.1) is 0 Å². The van der Waals surface area contributed by atoms with Crippen LogP contribution in [0.5, 0.6) is 0 Å². The third-order valence-corrected chi connectivity index (χ3v) is 3.98. The Bertz CT molecular complexity index is 512. The van der Waals surface area contributed by atoms with Crippen molar-refractivity contribution in [1.29, 1.82) is 0 Å². The lowest BCUT2D eigenvalue weighted by atomic mass is 10.2. The minimum absolute atomic E-state index is 0.172. The van der Waals surface area contributed by atoms with Crippen LogP contribution in [0.4, 0.5) is 0 Å². The highest BCUT2D eigenvalue weighted by Crippen LogP contribution is 2.23. The average Bonchev–Trinajstić information content (AvgIpc) is 2.96. The second-order valence-corrected chi connectivity index (χ2v) is 7.16. The van der Waals surface area contributed by atoms with E-state index in [-0.39, 0.29) is 12.0 Å². The van der Waals surface area contributed by atoms with Gasteiger partial charge in [-0.2, -0.15) is 0 Å². The predicted octanol–water partition coefficient (Wildman–Crippen LogP) is 2.98. The summed E-state index contributed by atoms with van der Waals surface area (Å²) in [7, 11) is 1.55. The molecule has 1 aromatic rings. The Balaban J connectivity index is 1.89. The first-order valence-electron chi connectivity index (χ1n) is 8.54. The smallest absolute Gasteiger partial charge is 0.351 e. The van der Waals surface area contributed by atoms with Crippen molar-refractivity contribution in [1.82, 2.24) is 4.90 Å². The van der Waals surface area contributed by atoms with Crippen LogP contribution in [-0.2, 0) is 25.6 Å². The van der Waals surface area contributed by atoms with E-state index in [1.54, 1.807) is 7.11 Å². The summed E-state index contributed by atoms with van der Waals surface area (Å²) in [6.45, 7) is 7.57. The summed E-state index contributed by atoms with van der Waals surface area (Å²) in [5, 5.41) is 0. The van der Waals surface area contributed by atoms with E-state index < -0.39 is 11.8 Å². The lowest BCUT2D eigenvalue weighted by molar-refractivity contribution is -0.181. The Hall–Kier alpha value is -1.43. The maximum absolute atomic E-state index is 12.4. The Morgan fingerprint density at radius 3 is 2.62 bits per heavy atom. The molecule has 0 radical (unpaired) electrons. The maximum atomic E-state index is 12.4. The van der Waals surface area contributed by atoms with Gasteiger partial charge in [-0.25, -0.2) is 4.79 Å². The van der Waals surface area contributed by atoms with E-state index in [0.29, 0.717) is 13.2 Å². The zero-order valence-electron chi connectivity index (χ0n) is 15.2. The summed E-state index contributed by atoms with van der Waals surface area (Å²) in [4.78, 5) is 14.4. The van der Waals surface area contributed by atoms with Gasteiger partial charge in [0.05, 0.1) is 13.2 Å². The summed E-state index contributed by atoms with van der Waals surface area (Å²) in [5.74, 6) is -0.333. The van der Waals surface area contributed by atoms with E-state index >= 15 is 0 Å². The summed E-state index contributed by atoms with van der Waals surface area (Å²) >= 11 is 0. The Morgan fingerprint density at radius 1 is 1.29 bits per heavy atom. The molecular formula is C19H29NO4. The number of rotatable bonds is 7. The van der Waals surface area contributed by atoms with Gasteiger partial charge in [0.2, 0.25) is 6.23 Å².